The summed E-state index contributed by atoms with van der Waals surface area (Å²) in [5, 5.41) is 0. The molecule has 114 valence electrons. The zero-order valence-corrected chi connectivity index (χ0v) is 12.2. The second kappa shape index (κ2) is 5.45. The van der Waals surface area contributed by atoms with Gasteiger partial charge in [-0.2, -0.15) is 0 Å². The molecule has 2 aromatic rings. The number of nitrogen functional groups attached to an aromatic ring is 1. The molecule has 1 unspecified atom stereocenters. The molecule has 21 heavy (non-hydrogen) atoms. The zero-order valence-electron chi connectivity index (χ0n) is 11.4. The van der Waals surface area contributed by atoms with Crippen molar-refractivity contribution in [1.29, 1.82) is 0 Å². The summed E-state index contributed by atoms with van der Waals surface area (Å²) in [5.74, 6) is -1.56. The van der Waals surface area contributed by atoms with Gasteiger partial charge in [0.2, 0.25) is 10.0 Å². The lowest BCUT2D eigenvalue weighted by Crippen LogP contribution is -2.28. The number of anilines is 1. The van der Waals surface area contributed by atoms with Gasteiger partial charge in [0.1, 0.15) is 23.2 Å². The fraction of sp³-hybridized carbons (Fsp3) is 0.231. The predicted molar refractivity (Wildman–Crippen MR) is 73.0 cm³/mol. The molecule has 0 bridgehead atoms. The molecule has 3 N–H and O–H groups in total. The minimum atomic E-state index is -4.39. The van der Waals surface area contributed by atoms with Gasteiger partial charge in [0, 0.05) is 5.69 Å². The van der Waals surface area contributed by atoms with Crippen LogP contribution in [0.5, 0.6) is 0 Å². The van der Waals surface area contributed by atoms with E-state index in [1.807, 2.05) is 0 Å². The number of sulfonamides is 1. The van der Waals surface area contributed by atoms with Crippen LogP contribution >= 0.6 is 0 Å². The van der Waals surface area contributed by atoms with Crippen molar-refractivity contribution in [3.05, 3.63) is 47.4 Å². The second-order valence-electron chi connectivity index (χ2n) is 4.61. The summed E-state index contributed by atoms with van der Waals surface area (Å²) >= 11 is 0. The van der Waals surface area contributed by atoms with Gasteiger partial charge in [-0.3, -0.25) is 0 Å². The maximum atomic E-state index is 13.7. The van der Waals surface area contributed by atoms with Crippen LogP contribution in [-0.2, 0) is 10.0 Å². The SMILES string of the molecule is Cc1ccc(C(C)NS(=O)(=O)c2c(F)cc(N)cc2F)o1. The smallest absolute Gasteiger partial charge is 0.247 e. The van der Waals surface area contributed by atoms with Gasteiger partial charge in [0.05, 0.1) is 6.04 Å². The number of halogens is 2. The molecule has 0 aliphatic carbocycles. The van der Waals surface area contributed by atoms with Crippen LogP contribution in [-0.4, -0.2) is 8.42 Å². The Bertz CT molecular complexity index is 748. The lowest BCUT2D eigenvalue weighted by atomic mass is 10.3. The van der Waals surface area contributed by atoms with E-state index in [0.29, 0.717) is 11.5 Å². The summed E-state index contributed by atoms with van der Waals surface area (Å²) < 4.78 is 59.0. The third-order valence-electron chi connectivity index (χ3n) is 2.81. The normalized spacial score (nSPS) is 13.3. The Morgan fingerprint density at radius 3 is 2.29 bits per heavy atom. The first-order valence-electron chi connectivity index (χ1n) is 6.04. The lowest BCUT2D eigenvalue weighted by molar-refractivity contribution is 0.438. The minimum absolute atomic E-state index is 0.196. The number of nitrogens with two attached hydrogens (primary N) is 1. The molecule has 0 saturated carbocycles. The quantitative estimate of drug-likeness (QED) is 0.849. The number of nitrogens with one attached hydrogen (secondary N) is 1. The Kier molecular flexibility index (Phi) is 4.02. The zero-order chi connectivity index (χ0) is 15.8. The van der Waals surface area contributed by atoms with Crippen LogP contribution < -0.4 is 10.5 Å². The summed E-state index contributed by atoms with van der Waals surface area (Å²) in [4.78, 5) is -1.06. The van der Waals surface area contributed by atoms with Gasteiger partial charge >= 0.3 is 0 Å². The van der Waals surface area contributed by atoms with Crippen molar-refractivity contribution in [2.24, 2.45) is 0 Å². The van der Waals surface area contributed by atoms with Crippen LogP contribution in [0.25, 0.3) is 0 Å². The van der Waals surface area contributed by atoms with Gasteiger partial charge < -0.3 is 10.2 Å². The van der Waals surface area contributed by atoms with E-state index >= 15 is 0 Å². The van der Waals surface area contributed by atoms with Gasteiger partial charge in [0.25, 0.3) is 0 Å². The fourth-order valence-corrected chi connectivity index (χ4v) is 3.20. The molecule has 1 aromatic heterocycles. The van der Waals surface area contributed by atoms with Crippen LogP contribution in [0, 0.1) is 18.6 Å². The Balaban J connectivity index is 2.35. The van der Waals surface area contributed by atoms with E-state index in [2.05, 4.69) is 4.72 Å². The molecule has 0 saturated heterocycles. The fourth-order valence-electron chi connectivity index (χ4n) is 1.87. The predicted octanol–water partition coefficient (Wildman–Crippen LogP) is 2.49. The standard InChI is InChI=1S/C13H14F2N2O3S/c1-7-3-4-12(20-7)8(2)17-21(18,19)13-10(14)5-9(16)6-11(13)15/h3-6,8,17H,16H2,1-2H3. The maximum Gasteiger partial charge on any atom is 0.247 e. The largest absolute Gasteiger partial charge is 0.465 e. The Morgan fingerprint density at radius 2 is 1.81 bits per heavy atom. The molecule has 2 rings (SSSR count). The minimum Gasteiger partial charge on any atom is -0.465 e. The number of hydrogen-bond acceptors (Lipinski definition) is 4. The maximum absolute atomic E-state index is 13.7. The van der Waals surface area contributed by atoms with E-state index in [-0.39, 0.29) is 5.69 Å². The molecule has 0 radical (unpaired) electrons. The highest BCUT2D eigenvalue weighted by Crippen LogP contribution is 2.24. The van der Waals surface area contributed by atoms with Crippen molar-refractivity contribution in [2.45, 2.75) is 24.8 Å². The highest BCUT2D eigenvalue weighted by Gasteiger charge is 2.27. The molecule has 0 spiro atoms. The van der Waals surface area contributed by atoms with Crippen molar-refractivity contribution < 1.29 is 21.6 Å². The van der Waals surface area contributed by atoms with E-state index in [1.165, 1.54) is 6.92 Å². The van der Waals surface area contributed by atoms with Gasteiger partial charge in [-0.25, -0.2) is 21.9 Å². The highest BCUT2D eigenvalue weighted by molar-refractivity contribution is 7.89. The average molecular weight is 316 g/mol. The summed E-state index contributed by atoms with van der Waals surface area (Å²) in [6.07, 6.45) is 0. The average Bonchev–Trinajstić information content (AvgIpc) is 2.73. The second-order valence-corrected chi connectivity index (χ2v) is 6.26. The summed E-state index contributed by atoms with van der Waals surface area (Å²) in [7, 11) is -4.39. The van der Waals surface area contributed by atoms with Gasteiger partial charge in [0.15, 0.2) is 4.90 Å². The van der Waals surface area contributed by atoms with E-state index in [9.17, 15) is 17.2 Å². The summed E-state index contributed by atoms with van der Waals surface area (Å²) in [6, 6.07) is 3.96. The van der Waals surface area contributed by atoms with Crippen LogP contribution in [0.3, 0.4) is 0 Å². The Morgan fingerprint density at radius 1 is 1.24 bits per heavy atom. The first kappa shape index (κ1) is 15.5. The first-order chi connectivity index (χ1) is 9.70. The van der Waals surface area contributed by atoms with E-state index in [0.717, 1.165) is 12.1 Å². The lowest BCUT2D eigenvalue weighted by Gasteiger charge is -2.13. The molecule has 1 heterocycles. The van der Waals surface area contributed by atoms with E-state index in [4.69, 9.17) is 10.2 Å². The van der Waals surface area contributed by atoms with Crippen molar-refractivity contribution in [1.82, 2.24) is 4.72 Å². The van der Waals surface area contributed by atoms with Crippen LogP contribution in [0.4, 0.5) is 14.5 Å². The third-order valence-corrected chi connectivity index (χ3v) is 4.40. The first-order valence-corrected chi connectivity index (χ1v) is 7.52. The summed E-state index contributed by atoms with van der Waals surface area (Å²) in [5.41, 5.74) is 5.06. The molecular formula is C13H14F2N2O3S. The molecule has 1 aromatic carbocycles. The molecule has 0 fully saturated rings. The van der Waals surface area contributed by atoms with E-state index < -0.39 is 32.6 Å². The Hall–Kier alpha value is -1.93. The van der Waals surface area contributed by atoms with Crippen LogP contribution in [0.15, 0.2) is 33.6 Å². The molecule has 0 aliphatic heterocycles. The molecule has 0 aliphatic rings. The molecular weight excluding hydrogens is 302 g/mol. The molecule has 8 heteroatoms. The molecule has 5 nitrogen and oxygen atoms in total. The number of hydrogen-bond donors (Lipinski definition) is 2. The number of rotatable bonds is 4. The van der Waals surface area contributed by atoms with Crippen LogP contribution in [0.1, 0.15) is 24.5 Å². The van der Waals surface area contributed by atoms with Gasteiger partial charge in [-0.05, 0) is 38.1 Å². The van der Waals surface area contributed by atoms with Crippen molar-refractivity contribution in [3.63, 3.8) is 0 Å². The van der Waals surface area contributed by atoms with Gasteiger partial charge in [-0.1, -0.05) is 0 Å². The van der Waals surface area contributed by atoms with Gasteiger partial charge in [-0.15, -0.1) is 0 Å². The molecule has 0 amide bonds. The van der Waals surface area contributed by atoms with E-state index in [1.54, 1.807) is 19.1 Å². The van der Waals surface area contributed by atoms with Crippen LogP contribution in [0.2, 0.25) is 0 Å². The number of furan rings is 1. The third kappa shape index (κ3) is 3.22. The van der Waals surface area contributed by atoms with Crippen molar-refractivity contribution >= 4 is 15.7 Å². The highest BCUT2D eigenvalue weighted by atomic mass is 32.2. The Labute approximate surface area is 120 Å². The summed E-state index contributed by atoms with van der Waals surface area (Å²) in [6.45, 7) is 3.20. The topological polar surface area (TPSA) is 85.3 Å². The monoisotopic (exact) mass is 316 g/mol. The number of benzene rings is 1. The van der Waals surface area contributed by atoms with Crippen molar-refractivity contribution in [2.75, 3.05) is 5.73 Å². The number of aryl methyl sites for hydroxylation is 1. The molecule has 1 atom stereocenters. The van der Waals surface area contributed by atoms with Crippen molar-refractivity contribution in [3.8, 4) is 0 Å².